The molecule has 0 aliphatic carbocycles. The molecule has 1 heterocycles. The Morgan fingerprint density at radius 1 is 1.23 bits per heavy atom. The smallest absolute Gasteiger partial charge is 0.276 e. The Hall–Kier alpha value is -0.990. The fourth-order valence-corrected chi connectivity index (χ4v) is 3.10. The standard InChI is InChI=1S/C15H25N3O3S/c1-3-13-4-6-14(7-5-13)15(12-17-22(19,20)16-2)18-8-10-21-11-9-18/h4-7,15-17H,3,8-12H2,1-2H3. The second-order valence-electron chi connectivity index (χ2n) is 5.32. The van der Waals surface area contributed by atoms with Gasteiger partial charge in [-0.05, 0) is 17.5 Å². The van der Waals surface area contributed by atoms with Crippen molar-refractivity contribution in [2.75, 3.05) is 39.9 Å². The van der Waals surface area contributed by atoms with Crippen LogP contribution in [0.2, 0.25) is 0 Å². The van der Waals surface area contributed by atoms with Crippen molar-refractivity contribution >= 4 is 10.2 Å². The number of hydrogen-bond acceptors (Lipinski definition) is 4. The molecule has 1 aromatic rings. The topological polar surface area (TPSA) is 70.7 Å². The van der Waals surface area contributed by atoms with E-state index in [1.807, 2.05) is 0 Å². The predicted molar refractivity (Wildman–Crippen MR) is 86.9 cm³/mol. The first-order valence-corrected chi connectivity index (χ1v) is 9.13. The third-order valence-electron chi connectivity index (χ3n) is 3.99. The summed E-state index contributed by atoms with van der Waals surface area (Å²) in [6, 6.07) is 8.40. The number of aryl methyl sites for hydroxylation is 1. The van der Waals surface area contributed by atoms with Gasteiger partial charge in [0.05, 0.1) is 13.2 Å². The van der Waals surface area contributed by atoms with E-state index in [2.05, 4.69) is 45.5 Å². The summed E-state index contributed by atoms with van der Waals surface area (Å²) in [4.78, 5) is 2.27. The number of hydrogen-bond donors (Lipinski definition) is 2. The third-order valence-corrected chi connectivity index (χ3v) is 5.08. The molecule has 1 unspecified atom stereocenters. The summed E-state index contributed by atoms with van der Waals surface area (Å²) in [7, 11) is -2.03. The fourth-order valence-electron chi connectivity index (χ4n) is 2.58. The summed E-state index contributed by atoms with van der Waals surface area (Å²) in [5.41, 5.74) is 2.40. The molecule has 22 heavy (non-hydrogen) atoms. The zero-order valence-corrected chi connectivity index (χ0v) is 14.0. The summed E-state index contributed by atoms with van der Waals surface area (Å²) in [5.74, 6) is 0. The first kappa shape index (κ1) is 17.4. The largest absolute Gasteiger partial charge is 0.379 e. The second kappa shape index (κ2) is 8.03. The first-order chi connectivity index (χ1) is 10.6. The molecule has 2 N–H and O–H groups in total. The average molecular weight is 327 g/mol. The van der Waals surface area contributed by atoms with Gasteiger partial charge in [0.15, 0.2) is 0 Å². The van der Waals surface area contributed by atoms with Crippen LogP contribution in [0.1, 0.15) is 24.1 Å². The molecule has 6 nitrogen and oxygen atoms in total. The SMILES string of the molecule is CCc1ccc(C(CNS(=O)(=O)NC)N2CCOCC2)cc1. The Morgan fingerprint density at radius 3 is 2.41 bits per heavy atom. The maximum Gasteiger partial charge on any atom is 0.276 e. The Kier molecular flexibility index (Phi) is 6.34. The van der Waals surface area contributed by atoms with Crippen LogP contribution in [0, 0.1) is 0 Å². The first-order valence-electron chi connectivity index (χ1n) is 7.64. The molecule has 0 aromatic heterocycles. The zero-order chi connectivity index (χ0) is 16.0. The molecule has 1 aliphatic heterocycles. The Morgan fingerprint density at radius 2 is 1.86 bits per heavy atom. The molecule has 0 spiro atoms. The van der Waals surface area contributed by atoms with Crippen LogP contribution >= 0.6 is 0 Å². The van der Waals surface area contributed by atoms with E-state index in [0.717, 1.165) is 25.1 Å². The van der Waals surface area contributed by atoms with Crippen molar-refractivity contribution in [1.82, 2.24) is 14.3 Å². The minimum Gasteiger partial charge on any atom is -0.379 e. The van der Waals surface area contributed by atoms with E-state index >= 15 is 0 Å². The van der Waals surface area contributed by atoms with Gasteiger partial charge in [0.2, 0.25) is 0 Å². The van der Waals surface area contributed by atoms with Crippen LogP contribution in [0.15, 0.2) is 24.3 Å². The molecule has 0 saturated carbocycles. The molecule has 0 bridgehead atoms. The molecule has 7 heteroatoms. The highest BCUT2D eigenvalue weighted by Crippen LogP contribution is 2.22. The molecule has 1 fully saturated rings. The summed E-state index contributed by atoms with van der Waals surface area (Å²) in [5, 5.41) is 0. The molecule has 1 aromatic carbocycles. The lowest BCUT2D eigenvalue weighted by Crippen LogP contribution is -2.45. The predicted octanol–water partition coefficient (Wildman–Crippen LogP) is 0.676. The second-order valence-corrected chi connectivity index (χ2v) is 7.02. The van der Waals surface area contributed by atoms with Crippen LogP contribution in [0.25, 0.3) is 0 Å². The minimum atomic E-state index is -3.43. The average Bonchev–Trinajstić information content (AvgIpc) is 2.56. The molecule has 124 valence electrons. The van der Waals surface area contributed by atoms with Gasteiger partial charge in [-0.2, -0.15) is 8.42 Å². The van der Waals surface area contributed by atoms with Crippen molar-refractivity contribution in [3.05, 3.63) is 35.4 Å². The van der Waals surface area contributed by atoms with Gasteiger partial charge in [-0.25, -0.2) is 9.44 Å². The van der Waals surface area contributed by atoms with Gasteiger partial charge < -0.3 is 4.74 Å². The van der Waals surface area contributed by atoms with Crippen molar-refractivity contribution in [1.29, 1.82) is 0 Å². The van der Waals surface area contributed by atoms with E-state index in [9.17, 15) is 8.42 Å². The van der Waals surface area contributed by atoms with Gasteiger partial charge in [0.25, 0.3) is 10.2 Å². The summed E-state index contributed by atoms with van der Waals surface area (Å²) >= 11 is 0. The Labute approximate surface area is 133 Å². The van der Waals surface area contributed by atoms with Crippen LogP contribution in [0.4, 0.5) is 0 Å². The van der Waals surface area contributed by atoms with Crippen molar-refractivity contribution in [2.45, 2.75) is 19.4 Å². The molecule has 1 saturated heterocycles. The van der Waals surface area contributed by atoms with Crippen LogP contribution in [-0.2, 0) is 21.4 Å². The molecular weight excluding hydrogens is 302 g/mol. The molecule has 1 atom stereocenters. The van der Waals surface area contributed by atoms with Crippen molar-refractivity contribution in [3.8, 4) is 0 Å². The van der Waals surface area contributed by atoms with Crippen LogP contribution in [-0.4, -0.2) is 53.2 Å². The fraction of sp³-hybridized carbons (Fsp3) is 0.600. The number of benzene rings is 1. The zero-order valence-electron chi connectivity index (χ0n) is 13.2. The third kappa shape index (κ3) is 4.76. The van der Waals surface area contributed by atoms with E-state index < -0.39 is 10.2 Å². The molecule has 0 amide bonds. The van der Waals surface area contributed by atoms with Crippen molar-refractivity contribution < 1.29 is 13.2 Å². The summed E-state index contributed by atoms with van der Waals surface area (Å²) in [6.45, 7) is 5.44. The number of ether oxygens (including phenoxy) is 1. The van der Waals surface area contributed by atoms with Crippen LogP contribution in [0.3, 0.4) is 0 Å². The van der Waals surface area contributed by atoms with Crippen LogP contribution in [0.5, 0.6) is 0 Å². The lowest BCUT2D eigenvalue weighted by molar-refractivity contribution is 0.0172. The van der Waals surface area contributed by atoms with Gasteiger partial charge in [-0.1, -0.05) is 31.2 Å². The lowest BCUT2D eigenvalue weighted by Gasteiger charge is -2.35. The highest BCUT2D eigenvalue weighted by molar-refractivity contribution is 7.87. The van der Waals surface area contributed by atoms with E-state index in [-0.39, 0.29) is 6.04 Å². The maximum atomic E-state index is 11.7. The summed E-state index contributed by atoms with van der Waals surface area (Å²) in [6.07, 6.45) is 0.995. The minimum absolute atomic E-state index is 0.0120. The van der Waals surface area contributed by atoms with E-state index in [0.29, 0.717) is 19.8 Å². The Balaban J connectivity index is 2.15. The van der Waals surface area contributed by atoms with E-state index in [1.54, 1.807) is 0 Å². The van der Waals surface area contributed by atoms with Gasteiger partial charge in [0.1, 0.15) is 0 Å². The van der Waals surface area contributed by atoms with Gasteiger partial charge in [0, 0.05) is 32.7 Å². The lowest BCUT2D eigenvalue weighted by atomic mass is 10.0. The quantitative estimate of drug-likeness (QED) is 0.772. The molecule has 1 aliphatic rings. The van der Waals surface area contributed by atoms with Crippen molar-refractivity contribution in [2.24, 2.45) is 0 Å². The van der Waals surface area contributed by atoms with E-state index in [4.69, 9.17) is 4.74 Å². The van der Waals surface area contributed by atoms with Crippen molar-refractivity contribution in [3.63, 3.8) is 0 Å². The normalized spacial score (nSPS) is 18.3. The summed E-state index contributed by atoms with van der Waals surface area (Å²) < 4.78 is 33.6. The monoisotopic (exact) mass is 327 g/mol. The van der Waals surface area contributed by atoms with Gasteiger partial charge in [-0.3, -0.25) is 4.90 Å². The number of nitrogens with one attached hydrogen (secondary N) is 2. The highest BCUT2D eigenvalue weighted by Gasteiger charge is 2.24. The van der Waals surface area contributed by atoms with Crippen LogP contribution < -0.4 is 9.44 Å². The molecular formula is C15H25N3O3S. The van der Waals surface area contributed by atoms with E-state index in [1.165, 1.54) is 12.6 Å². The molecule has 0 radical (unpaired) electrons. The molecule has 2 rings (SSSR count). The Bertz CT molecular complexity index is 554. The number of rotatable bonds is 7. The number of nitrogens with zero attached hydrogens (tertiary/aromatic N) is 1. The van der Waals surface area contributed by atoms with Gasteiger partial charge >= 0.3 is 0 Å². The highest BCUT2D eigenvalue weighted by atomic mass is 32.2. The maximum absolute atomic E-state index is 11.7. The number of morpholine rings is 1. The van der Waals surface area contributed by atoms with Gasteiger partial charge in [-0.15, -0.1) is 0 Å².